The van der Waals surface area contributed by atoms with Crippen LogP contribution in [0.2, 0.25) is 0 Å². The van der Waals surface area contributed by atoms with Gasteiger partial charge in [0.1, 0.15) is 18.0 Å². The van der Waals surface area contributed by atoms with E-state index in [1.165, 1.54) is 12.4 Å². The smallest absolute Gasteiger partial charge is 0.317 e. The molecule has 7 heteroatoms. The maximum absolute atomic E-state index is 14.4. The van der Waals surface area contributed by atoms with E-state index in [1.54, 1.807) is 11.0 Å². The molecule has 2 aromatic carbocycles. The summed E-state index contributed by atoms with van der Waals surface area (Å²) in [5, 5.41) is 9.52. The van der Waals surface area contributed by atoms with Crippen molar-refractivity contribution < 1.29 is 9.18 Å². The second-order valence-corrected chi connectivity index (χ2v) is 6.63. The topological polar surface area (TPSA) is 73.9 Å². The van der Waals surface area contributed by atoms with Crippen LogP contribution < -0.4 is 5.32 Å². The van der Waals surface area contributed by atoms with Crippen molar-refractivity contribution in [2.45, 2.75) is 18.9 Å². The number of urea groups is 1. The molecule has 1 fully saturated rings. The fourth-order valence-corrected chi connectivity index (χ4v) is 3.36. The number of amides is 2. The van der Waals surface area contributed by atoms with Crippen molar-refractivity contribution in [2.24, 2.45) is 0 Å². The Labute approximate surface area is 156 Å². The van der Waals surface area contributed by atoms with Crippen molar-refractivity contribution in [3.05, 3.63) is 72.1 Å². The lowest BCUT2D eigenvalue weighted by Gasteiger charge is -2.17. The molecule has 0 bridgehead atoms. The number of nitrogens with one attached hydrogen (secondary N) is 2. The van der Waals surface area contributed by atoms with E-state index in [4.69, 9.17) is 0 Å². The van der Waals surface area contributed by atoms with E-state index in [0.717, 1.165) is 23.4 Å². The van der Waals surface area contributed by atoms with E-state index < -0.39 is 0 Å². The molecule has 4 rings (SSSR count). The van der Waals surface area contributed by atoms with Crippen LogP contribution in [0.4, 0.5) is 9.18 Å². The number of carbonyl (C=O) groups is 1. The van der Waals surface area contributed by atoms with E-state index in [1.807, 2.05) is 36.4 Å². The first kappa shape index (κ1) is 17.2. The number of halogens is 1. The van der Waals surface area contributed by atoms with E-state index in [0.29, 0.717) is 18.7 Å². The van der Waals surface area contributed by atoms with Crippen molar-refractivity contribution in [2.75, 3.05) is 13.1 Å². The normalized spacial score (nSPS) is 16.5. The molecular weight excluding hydrogens is 345 g/mol. The summed E-state index contributed by atoms with van der Waals surface area (Å²) < 4.78 is 14.4. The summed E-state index contributed by atoms with van der Waals surface area (Å²) in [4.78, 5) is 18.3. The highest BCUT2D eigenvalue weighted by Crippen LogP contribution is 2.24. The van der Waals surface area contributed by atoms with Crippen molar-refractivity contribution in [1.82, 2.24) is 25.4 Å². The molecule has 1 saturated heterocycles. The zero-order valence-electron chi connectivity index (χ0n) is 14.7. The van der Waals surface area contributed by atoms with Crippen LogP contribution in [0.3, 0.4) is 0 Å². The van der Waals surface area contributed by atoms with Gasteiger partial charge in [-0.25, -0.2) is 14.2 Å². The lowest BCUT2D eigenvalue weighted by atomic mass is 10.0. The Kier molecular flexibility index (Phi) is 4.82. The second kappa shape index (κ2) is 7.57. The van der Waals surface area contributed by atoms with E-state index in [2.05, 4.69) is 20.5 Å². The fourth-order valence-electron chi connectivity index (χ4n) is 3.36. The van der Waals surface area contributed by atoms with Crippen molar-refractivity contribution in [3.63, 3.8) is 0 Å². The highest BCUT2D eigenvalue weighted by Gasteiger charge is 2.28. The number of benzene rings is 2. The summed E-state index contributed by atoms with van der Waals surface area (Å²) in [5.41, 5.74) is 2.24. The van der Waals surface area contributed by atoms with Gasteiger partial charge in [0.2, 0.25) is 0 Å². The maximum Gasteiger partial charge on any atom is 0.317 e. The SMILES string of the molecule is O=C(NCc1ccc(-c2ccccc2)cc1F)N1CCC(c2ncn[nH]2)C1. The van der Waals surface area contributed by atoms with Gasteiger partial charge in [-0.2, -0.15) is 5.10 Å². The second-order valence-electron chi connectivity index (χ2n) is 6.63. The summed E-state index contributed by atoms with van der Waals surface area (Å²) >= 11 is 0. The number of rotatable bonds is 4. The predicted octanol–water partition coefficient (Wildman–Crippen LogP) is 3.31. The van der Waals surface area contributed by atoms with Crippen molar-refractivity contribution in [3.8, 4) is 11.1 Å². The van der Waals surface area contributed by atoms with Gasteiger partial charge in [0.25, 0.3) is 0 Å². The molecule has 2 heterocycles. The van der Waals surface area contributed by atoms with Crippen LogP contribution in [0.25, 0.3) is 11.1 Å². The summed E-state index contributed by atoms with van der Waals surface area (Å²) in [6.07, 6.45) is 2.31. The Balaban J connectivity index is 1.35. The third-order valence-corrected chi connectivity index (χ3v) is 4.89. The molecule has 0 radical (unpaired) electrons. The Morgan fingerprint density at radius 2 is 2.07 bits per heavy atom. The molecule has 1 unspecified atom stereocenters. The fraction of sp³-hybridized carbons (Fsp3) is 0.250. The van der Waals surface area contributed by atoms with Crippen LogP contribution in [0, 0.1) is 5.82 Å². The minimum Gasteiger partial charge on any atom is -0.334 e. The van der Waals surface area contributed by atoms with Crippen LogP contribution in [-0.2, 0) is 6.54 Å². The molecule has 0 saturated carbocycles. The van der Waals surface area contributed by atoms with Gasteiger partial charge in [-0.15, -0.1) is 0 Å². The number of hydrogen-bond acceptors (Lipinski definition) is 3. The molecule has 3 aromatic rings. The lowest BCUT2D eigenvalue weighted by molar-refractivity contribution is 0.207. The first-order valence-corrected chi connectivity index (χ1v) is 8.92. The molecule has 138 valence electrons. The lowest BCUT2D eigenvalue weighted by Crippen LogP contribution is -2.38. The zero-order chi connectivity index (χ0) is 18.6. The van der Waals surface area contributed by atoms with Crippen LogP contribution in [0.15, 0.2) is 54.9 Å². The van der Waals surface area contributed by atoms with Gasteiger partial charge >= 0.3 is 6.03 Å². The van der Waals surface area contributed by atoms with Crippen LogP contribution in [-0.4, -0.2) is 39.2 Å². The van der Waals surface area contributed by atoms with Gasteiger partial charge in [-0.3, -0.25) is 5.10 Å². The third kappa shape index (κ3) is 3.81. The van der Waals surface area contributed by atoms with Gasteiger partial charge in [-0.05, 0) is 23.6 Å². The monoisotopic (exact) mass is 365 g/mol. The zero-order valence-corrected chi connectivity index (χ0v) is 14.7. The van der Waals surface area contributed by atoms with E-state index in [9.17, 15) is 9.18 Å². The van der Waals surface area contributed by atoms with Gasteiger partial charge in [0.05, 0.1) is 0 Å². The Hall–Kier alpha value is -3.22. The van der Waals surface area contributed by atoms with E-state index in [-0.39, 0.29) is 24.3 Å². The number of aromatic nitrogens is 3. The van der Waals surface area contributed by atoms with Gasteiger partial charge in [-0.1, -0.05) is 42.5 Å². The third-order valence-electron chi connectivity index (χ3n) is 4.89. The number of carbonyl (C=O) groups excluding carboxylic acids is 1. The molecule has 1 atom stereocenters. The molecule has 1 aliphatic rings. The molecule has 0 spiro atoms. The molecule has 2 N–H and O–H groups in total. The minimum absolute atomic E-state index is 0.156. The first-order valence-electron chi connectivity index (χ1n) is 8.92. The van der Waals surface area contributed by atoms with E-state index >= 15 is 0 Å². The first-order chi connectivity index (χ1) is 13.2. The number of likely N-dealkylation sites (tertiary alicyclic amines) is 1. The molecule has 27 heavy (non-hydrogen) atoms. The Morgan fingerprint density at radius 1 is 1.22 bits per heavy atom. The molecular formula is C20H20FN5O. The molecule has 1 aliphatic heterocycles. The van der Waals surface area contributed by atoms with Crippen molar-refractivity contribution >= 4 is 6.03 Å². The minimum atomic E-state index is -0.322. The number of nitrogens with zero attached hydrogens (tertiary/aromatic N) is 3. The largest absolute Gasteiger partial charge is 0.334 e. The van der Waals surface area contributed by atoms with Crippen LogP contribution >= 0.6 is 0 Å². The average Bonchev–Trinajstić information content (AvgIpc) is 3.39. The summed E-state index contributed by atoms with van der Waals surface area (Å²) in [6, 6.07) is 14.6. The highest BCUT2D eigenvalue weighted by molar-refractivity contribution is 5.74. The Bertz CT molecular complexity index is 913. The summed E-state index contributed by atoms with van der Waals surface area (Å²) in [5.74, 6) is 0.644. The molecule has 1 aromatic heterocycles. The van der Waals surface area contributed by atoms with Gasteiger partial charge < -0.3 is 10.2 Å². The van der Waals surface area contributed by atoms with Gasteiger partial charge in [0.15, 0.2) is 0 Å². The Morgan fingerprint density at radius 3 is 2.81 bits per heavy atom. The highest BCUT2D eigenvalue weighted by atomic mass is 19.1. The quantitative estimate of drug-likeness (QED) is 0.745. The number of aromatic amines is 1. The van der Waals surface area contributed by atoms with Crippen LogP contribution in [0.5, 0.6) is 0 Å². The number of H-pyrrole nitrogens is 1. The van der Waals surface area contributed by atoms with Crippen LogP contribution in [0.1, 0.15) is 23.7 Å². The number of hydrogen-bond donors (Lipinski definition) is 2. The average molecular weight is 365 g/mol. The van der Waals surface area contributed by atoms with Crippen molar-refractivity contribution in [1.29, 1.82) is 0 Å². The standard InChI is InChI=1S/C20H20FN5O/c21-18-10-15(14-4-2-1-3-5-14)6-7-16(18)11-22-20(27)26-9-8-17(12-26)19-23-13-24-25-19/h1-7,10,13,17H,8-9,11-12H2,(H,22,27)(H,23,24,25). The molecule has 2 amide bonds. The van der Waals surface area contributed by atoms with Gasteiger partial charge in [0, 0.05) is 31.1 Å². The maximum atomic E-state index is 14.4. The summed E-state index contributed by atoms with van der Waals surface area (Å²) in [6.45, 7) is 1.38. The predicted molar refractivity (Wildman–Crippen MR) is 99.4 cm³/mol. The molecule has 0 aliphatic carbocycles. The summed E-state index contributed by atoms with van der Waals surface area (Å²) in [7, 11) is 0. The molecule has 6 nitrogen and oxygen atoms in total.